The van der Waals surface area contributed by atoms with Gasteiger partial charge in [-0.15, -0.1) is 0 Å². The van der Waals surface area contributed by atoms with Crippen LogP contribution in [0.15, 0.2) is 12.2 Å². The van der Waals surface area contributed by atoms with Gasteiger partial charge in [-0.25, -0.2) is 0 Å². The summed E-state index contributed by atoms with van der Waals surface area (Å²) in [4.78, 5) is 0. The maximum Gasteiger partial charge on any atom is 0.228 e. The highest BCUT2D eigenvalue weighted by atomic mass is 16.8. The van der Waals surface area contributed by atoms with Gasteiger partial charge in [0.2, 0.25) is 11.6 Å². The summed E-state index contributed by atoms with van der Waals surface area (Å²) in [5, 5.41) is 60.4. The zero-order valence-corrected chi connectivity index (χ0v) is 13.6. The van der Waals surface area contributed by atoms with Crippen LogP contribution in [-0.2, 0) is 18.9 Å². The number of fused-ring (bicyclic) bond motifs is 1. The number of rotatable bonds is 3. The minimum atomic E-state index is -2.17. The van der Waals surface area contributed by atoms with Gasteiger partial charge in [-0.05, 0) is 6.92 Å². The predicted octanol–water partition coefficient (Wildman–Crippen LogP) is -3.40. The standard InChI is InChI=1S/C15H24O10/c1-2-3-9-15(21)13(11(19)8(5-17)23-9)24-14(25-15)6-22-7(4-16)10(18)12(14)20/h2-3,7-13,16-21H,4-6H2,1H3/b3-2-/t7-,8-,9?,10-,11-,12+,13+,14+,15-/m1/s1. The molecule has 3 aliphatic heterocycles. The largest absolute Gasteiger partial charge is 0.394 e. The van der Waals surface area contributed by atoms with E-state index in [0.717, 1.165) is 0 Å². The molecular weight excluding hydrogens is 340 g/mol. The topological polar surface area (TPSA) is 158 Å². The first-order valence-electron chi connectivity index (χ1n) is 8.09. The van der Waals surface area contributed by atoms with Gasteiger partial charge in [0.15, 0.2) is 0 Å². The molecule has 9 atom stereocenters. The molecule has 1 spiro atoms. The summed E-state index contributed by atoms with van der Waals surface area (Å²) in [5.41, 5.74) is 0. The van der Waals surface area contributed by atoms with Gasteiger partial charge in [-0.3, -0.25) is 0 Å². The smallest absolute Gasteiger partial charge is 0.228 e. The van der Waals surface area contributed by atoms with Gasteiger partial charge in [-0.1, -0.05) is 12.2 Å². The molecule has 144 valence electrons. The molecule has 0 bridgehead atoms. The third kappa shape index (κ3) is 2.82. The van der Waals surface area contributed by atoms with E-state index in [9.17, 15) is 25.5 Å². The van der Waals surface area contributed by atoms with E-state index in [2.05, 4.69) is 0 Å². The van der Waals surface area contributed by atoms with Crippen LogP contribution in [0, 0.1) is 0 Å². The molecule has 6 N–H and O–H groups in total. The lowest BCUT2D eigenvalue weighted by Gasteiger charge is -2.44. The molecule has 0 aromatic heterocycles. The molecule has 0 aromatic rings. The molecule has 3 saturated heterocycles. The van der Waals surface area contributed by atoms with E-state index in [1.165, 1.54) is 6.08 Å². The highest BCUT2D eigenvalue weighted by Gasteiger charge is 2.70. The zero-order valence-electron chi connectivity index (χ0n) is 13.6. The molecule has 0 amide bonds. The van der Waals surface area contributed by atoms with E-state index in [0.29, 0.717) is 0 Å². The first-order valence-corrected chi connectivity index (χ1v) is 8.09. The van der Waals surface area contributed by atoms with Crippen molar-refractivity contribution in [2.75, 3.05) is 19.8 Å². The zero-order chi connectivity index (χ0) is 18.4. The number of ether oxygens (including phenoxy) is 4. The van der Waals surface area contributed by atoms with Gasteiger partial charge >= 0.3 is 0 Å². The number of aliphatic hydroxyl groups excluding tert-OH is 5. The average molecular weight is 364 g/mol. The van der Waals surface area contributed by atoms with Crippen LogP contribution in [-0.4, -0.2) is 105 Å². The van der Waals surface area contributed by atoms with Gasteiger partial charge in [0.1, 0.15) is 49.3 Å². The lowest BCUT2D eigenvalue weighted by molar-refractivity contribution is -0.356. The Morgan fingerprint density at radius 3 is 2.36 bits per heavy atom. The van der Waals surface area contributed by atoms with Crippen molar-refractivity contribution in [3.05, 3.63) is 12.2 Å². The number of hydrogen-bond acceptors (Lipinski definition) is 10. The van der Waals surface area contributed by atoms with Crippen molar-refractivity contribution < 1.29 is 49.6 Å². The van der Waals surface area contributed by atoms with Crippen LogP contribution in [0.1, 0.15) is 6.92 Å². The van der Waals surface area contributed by atoms with Crippen LogP contribution in [0.3, 0.4) is 0 Å². The minimum absolute atomic E-state index is 0.395. The number of allylic oxidation sites excluding steroid dienone is 1. The molecule has 3 heterocycles. The fourth-order valence-electron chi connectivity index (χ4n) is 3.49. The van der Waals surface area contributed by atoms with E-state index in [4.69, 9.17) is 24.1 Å². The van der Waals surface area contributed by atoms with Gasteiger partial charge in [0, 0.05) is 0 Å². The average Bonchev–Trinajstić information content (AvgIpc) is 2.91. The Labute approximate surface area is 143 Å². The first kappa shape index (κ1) is 19.1. The van der Waals surface area contributed by atoms with Crippen molar-refractivity contribution in [2.45, 2.75) is 61.2 Å². The van der Waals surface area contributed by atoms with Gasteiger partial charge in [0.05, 0.1) is 13.2 Å². The maximum absolute atomic E-state index is 11.0. The van der Waals surface area contributed by atoms with Crippen molar-refractivity contribution in [3.63, 3.8) is 0 Å². The van der Waals surface area contributed by atoms with Crippen molar-refractivity contribution in [2.24, 2.45) is 0 Å². The van der Waals surface area contributed by atoms with Crippen molar-refractivity contribution in [1.29, 1.82) is 0 Å². The Morgan fingerprint density at radius 1 is 1.08 bits per heavy atom. The van der Waals surface area contributed by atoms with E-state index < -0.39 is 74.1 Å². The second kappa shape index (κ2) is 6.82. The minimum Gasteiger partial charge on any atom is -0.394 e. The van der Waals surface area contributed by atoms with Crippen LogP contribution in [0.25, 0.3) is 0 Å². The normalized spacial score (nSPS) is 53.5. The summed E-state index contributed by atoms with van der Waals surface area (Å²) >= 11 is 0. The molecule has 3 aliphatic rings. The fourth-order valence-corrected chi connectivity index (χ4v) is 3.49. The molecule has 0 saturated carbocycles. The van der Waals surface area contributed by atoms with Crippen LogP contribution >= 0.6 is 0 Å². The lowest BCUT2D eigenvalue weighted by Crippen LogP contribution is -2.65. The number of hydrogen-bond donors (Lipinski definition) is 6. The van der Waals surface area contributed by atoms with E-state index in [-0.39, 0.29) is 0 Å². The quantitative estimate of drug-likeness (QED) is 0.279. The molecule has 1 unspecified atom stereocenters. The van der Waals surface area contributed by atoms with Crippen LogP contribution in [0.4, 0.5) is 0 Å². The summed E-state index contributed by atoms with van der Waals surface area (Å²) in [5.74, 6) is -4.13. The van der Waals surface area contributed by atoms with E-state index in [1.807, 2.05) is 0 Å². The third-order valence-corrected chi connectivity index (χ3v) is 4.87. The molecule has 3 fully saturated rings. The van der Waals surface area contributed by atoms with Crippen molar-refractivity contribution in [3.8, 4) is 0 Å². The van der Waals surface area contributed by atoms with Crippen LogP contribution in [0.5, 0.6) is 0 Å². The van der Waals surface area contributed by atoms with Crippen LogP contribution < -0.4 is 0 Å². The van der Waals surface area contributed by atoms with Gasteiger partial charge in [-0.2, -0.15) is 0 Å². The summed E-state index contributed by atoms with van der Waals surface area (Å²) < 4.78 is 22.0. The molecule has 10 heteroatoms. The molecule has 0 aliphatic carbocycles. The Hall–Kier alpha value is -0.660. The third-order valence-electron chi connectivity index (χ3n) is 4.87. The molecule has 25 heavy (non-hydrogen) atoms. The molecular formula is C15H24O10. The molecule has 0 radical (unpaired) electrons. The Kier molecular flexibility index (Phi) is 5.21. The molecule has 3 rings (SSSR count). The molecule has 0 aromatic carbocycles. The number of aliphatic hydroxyl groups is 6. The van der Waals surface area contributed by atoms with Crippen molar-refractivity contribution in [1.82, 2.24) is 0 Å². The maximum atomic E-state index is 11.0. The van der Waals surface area contributed by atoms with Crippen molar-refractivity contribution >= 4 is 0 Å². The van der Waals surface area contributed by atoms with Crippen LogP contribution in [0.2, 0.25) is 0 Å². The SMILES string of the molecule is C/C=C\C1O[C@H](CO)[C@@H](O)[C@@H]2O[C@@]3(CO[C@H](CO)[C@@H](O)[C@@H]3O)O[C@]12O. The molecule has 10 nitrogen and oxygen atoms in total. The predicted molar refractivity (Wildman–Crippen MR) is 79.0 cm³/mol. The summed E-state index contributed by atoms with van der Waals surface area (Å²) in [6, 6.07) is 0. The first-order chi connectivity index (χ1) is 11.8. The van der Waals surface area contributed by atoms with E-state index in [1.54, 1.807) is 13.0 Å². The fraction of sp³-hybridized carbons (Fsp3) is 0.867. The van der Waals surface area contributed by atoms with E-state index >= 15 is 0 Å². The Bertz CT molecular complexity index is 515. The second-order valence-corrected chi connectivity index (χ2v) is 6.47. The monoisotopic (exact) mass is 364 g/mol. The summed E-state index contributed by atoms with van der Waals surface area (Å²) in [7, 11) is 0. The lowest BCUT2D eigenvalue weighted by atomic mass is 9.91. The Morgan fingerprint density at radius 2 is 1.76 bits per heavy atom. The van der Waals surface area contributed by atoms with Gasteiger partial charge < -0.3 is 49.6 Å². The highest BCUT2D eigenvalue weighted by molar-refractivity contribution is 5.12. The second-order valence-electron chi connectivity index (χ2n) is 6.47. The Balaban J connectivity index is 1.93. The summed E-state index contributed by atoms with van der Waals surface area (Å²) in [6.07, 6.45) is -6.12. The highest BCUT2D eigenvalue weighted by Crippen LogP contribution is 2.47. The summed E-state index contributed by atoms with van der Waals surface area (Å²) in [6.45, 7) is 0.239. The van der Waals surface area contributed by atoms with Gasteiger partial charge in [0.25, 0.3) is 0 Å².